The van der Waals surface area contributed by atoms with Gasteiger partial charge < -0.3 is 15.3 Å². The van der Waals surface area contributed by atoms with E-state index in [1.54, 1.807) is 12.3 Å². The topological polar surface area (TPSA) is 76.5 Å². The first kappa shape index (κ1) is 10.8. The fourth-order valence-electron chi connectivity index (χ4n) is 1.41. The molecule has 0 bridgehead atoms. The van der Waals surface area contributed by atoms with Gasteiger partial charge in [0.15, 0.2) is 0 Å². The number of aliphatic carboxylic acids is 1. The van der Waals surface area contributed by atoms with Crippen LogP contribution in [0.1, 0.15) is 19.1 Å². The van der Waals surface area contributed by atoms with Crippen molar-refractivity contribution in [1.29, 1.82) is 0 Å². The van der Waals surface area contributed by atoms with Gasteiger partial charge in [0, 0.05) is 6.42 Å². The maximum atomic E-state index is 10.6. The van der Waals surface area contributed by atoms with Crippen LogP contribution in [0.3, 0.4) is 0 Å². The Morgan fingerprint density at radius 3 is 2.86 bits per heavy atom. The molecule has 1 heterocycles. The van der Waals surface area contributed by atoms with Crippen molar-refractivity contribution >= 4 is 5.97 Å². The molecule has 0 radical (unpaired) electrons. The molecule has 1 rings (SSSR count). The first-order chi connectivity index (χ1) is 6.56. The second kappa shape index (κ2) is 4.28. The second-order valence-corrected chi connectivity index (χ2v) is 3.84. The molecule has 4 heteroatoms. The third-order valence-electron chi connectivity index (χ3n) is 2.25. The monoisotopic (exact) mass is 197 g/mol. The van der Waals surface area contributed by atoms with Gasteiger partial charge in [-0.05, 0) is 24.1 Å². The number of carbonyl (C=O) groups is 1. The maximum Gasteiger partial charge on any atom is 0.303 e. The lowest BCUT2D eigenvalue weighted by atomic mass is 9.82. The van der Waals surface area contributed by atoms with Crippen LogP contribution < -0.4 is 5.73 Å². The maximum absolute atomic E-state index is 10.6. The van der Waals surface area contributed by atoms with Crippen molar-refractivity contribution in [3.63, 3.8) is 0 Å². The number of nitrogens with two attached hydrogens (primary N) is 1. The number of carboxylic acids is 1. The van der Waals surface area contributed by atoms with Gasteiger partial charge in [0.25, 0.3) is 0 Å². The van der Waals surface area contributed by atoms with Gasteiger partial charge in [-0.25, -0.2) is 0 Å². The van der Waals surface area contributed by atoms with Crippen LogP contribution in [0.5, 0.6) is 0 Å². The van der Waals surface area contributed by atoms with Crippen molar-refractivity contribution in [2.45, 2.75) is 19.8 Å². The zero-order chi connectivity index (χ0) is 10.6. The average Bonchev–Trinajstić information content (AvgIpc) is 2.55. The van der Waals surface area contributed by atoms with Crippen LogP contribution >= 0.6 is 0 Å². The summed E-state index contributed by atoms with van der Waals surface area (Å²) in [5.41, 5.74) is 5.14. The molecule has 0 aliphatic heterocycles. The second-order valence-electron chi connectivity index (χ2n) is 3.84. The van der Waals surface area contributed by atoms with Crippen LogP contribution in [0.4, 0.5) is 0 Å². The third kappa shape index (κ3) is 2.88. The molecule has 0 amide bonds. The molecule has 0 fully saturated rings. The smallest absolute Gasteiger partial charge is 0.303 e. The zero-order valence-corrected chi connectivity index (χ0v) is 8.19. The first-order valence-corrected chi connectivity index (χ1v) is 4.50. The van der Waals surface area contributed by atoms with Gasteiger partial charge in [0.2, 0.25) is 0 Å². The molecule has 3 N–H and O–H groups in total. The minimum absolute atomic E-state index is 0.0597. The Kier molecular flexibility index (Phi) is 3.30. The van der Waals surface area contributed by atoms with Gasteiger partial charge in [0.1, 0.15) is 5.76 Å². The highest BCUT2D eigenvalue weighted by Gasteiger charge is 2.27. The molecule has 0 saturated heterocycles. The van der Waals surface area contributed by atoms with Crippen molar-refractivity contribution in [3.05, 3.63) is 24.2 Å². The number of hydrogen-bond donors (Lipinski definition) is 2. The standard InChI is InChI=1S/C10H15NO3/c1-10(7-11,6-9(12)13)5-8-3-2-4-14-8/h2-4H,5-7,11H2,1H3,(H,12,13). The Bertz CT molecular complexity index is 294. The molecule has 0 spiro atoms. The summed E-state index contributed by atoms with van der Waals surface area (Å²) in [5, 5.41) is 8.72. The molecule has 4 nitrogen and oxygen atoms in total. The predicted octanol–water partition coefficient (Wildman–Crippen LogP) is 1.26. The summed E-state index contributed by atoms with van der Waals surface area (Å²) < 4.78 is 5.16. The van der Waals surface area contributed by atoms with Crippen molar-refractivity contribution in [2.75, 3.05) is 6.54 Å². The molecule has 0 aliphatic rings. The van der Waals surface area contributed by atoms with Crippen LogP contribution in [0, 0.1) is 5.41 Å². The summed E-state index contributed by atoms with van der Waals surface area (Å²) in [6.45, 7) is 2.18. The Balaban J connectivity index is 2.65. The molecule has 0 aliphatic carbocycles. The lowest BCUT2D eigenvalue weighted by Gasteiger charge is -2.24. The Labute approximate surface area is 82.7 Å². The van der Waals surface area contributed by atoms with Crippen LogP contribution in [0.15, 0.2) is 22.8 Å². The third-order valence-corrected chi connectivity index (χ3v) is 2.25. The molecule has 78 valence electrons. The lowest BCUT2D eigenvalue weighted by molar-refractivity contribution is -0.139. The van der Waals surface area contributed by atoms with Gasteiger partial charge in [-0.1, -0.05) is 6.92 Å². The highest BCUT2D eigenvalue weighted by atomic mass is 16.4. The summed E-state index contributed by atoms with van der Waals surface area (Å²) in [4.78, 5) is 10.6. The first-order valence-electron chi connectivity index (χ1n) is 4.50. The van der Waals surface area contributed by atoms with Gasteiger partial charge in [0.05, 0.1) is 12.7 Å². The van der Waals surface area contributed by atoms with E-state index in [-0.39, 0.29) is 6.42 Å². The largest absolute Gasteiger partial charge is 0.481 e. The summed E-state index contributed by atoms with van der Waals surface area (Å²) in [7, 11) is 0. The number of hydrogen-bond acceptors (Lipinski definition) is 3. The molecule has 1 aromatic rings. The lowest BCUT2D eigenvalue weighted by Crippen LogP contribution is -2.32. The van der Waals surface area contributed by atoms with E-state index >= 15 is 0 Å². The van der Waals surface area contributed by atoms with Gasteiger partial charge in [-0.3, -0.25) is 4.79 Å². The fourth-order valence-corrected chi connectivity index (χ4v) is 1.41. The van der Waals surface area contributed by atoms with Crippen LogP contribution in [0.2, 0.25) is 0 Å². The van der Waals surface area contributed by atoms with Crippen molar-refractivity contribution in [2.24, 2.45) is 11.1 Å². The normalized spacial score (nSPS) is 15.0. The van der Waals surface area contributed by atoms with Crippen molar-refractivity contribution < 1.29 is 14.3 Å². The summed E-state index contributed by atoms with van der Waals surface area (Å²) >= 11 is 0. The predicted molar refractivity (Wildman–Crippen MR) is 51.8 cm³/mol. The van der Waals surface area contributed by atoms with Gasteiger partial charge in [-0.15, -0.1) is 0 Å². The molecule has 14 heavy (non-hydrogen) atoms. The fraction of sp³-hybridized carbons (Fsp3) is 0.500. The Morgan fingerprint density at radius 1 is 1.71 bits per heavy atom. The van der Waals surface area contributed by atoms with Crippen LogP contribution in [-0.2, 0) is 11.2 Å². The highest BCUT2D eigenvalue weighted by Crippen LogP contribution is 2.25. The Hall–Kier alpha value is -1.29. The molecule has 0 saturated carbocycles. The minimum atomic E-state index is -0.829. The summed E-state index contributed by atoms with van der Waals surface area (Å²) in [6, 6.07) is 3.61. The zero-order valence-electron chi connectivity index (χ0n) is 8.19. The van der Waals surface area contributed by atoms with E-state index in [0.29, 0.717) is 13.0 Å². The molecular formula is C10H15NO3. The molecule has 1 unspecified atom stereocenters. The van der Waals surface area contributed by atoms with Crippen LogP contribution in [-0.4, -0.2) is 17.6 Å². The van der Waals surface area contributed by atoms with Gasteiger partial charge in [-0.2, -0.15) is 0 Å². The van der Waals surface area contributed by atoms with E-state index in [1.807, 2.05) is 13.0 Å². The van der Waals surface area contributed by atoms with E-state index < -0.39 is 11.4 Å². The van der Waals surface area contributed by atoms with Crippen molar-refractivity contribution in [3.8, 4) is 0 Å². The average molecular weight is 197 g/mol. The molecular weight excluding hydrogens is 182 g/mol. The van der Waals surface area contributed by atoms with E-state index in [4.69, 9.17) is 15.3 Å². The quantitative estimate of drug-likeness (QED) is 0.745. The number of furan rings is 1. The van der Waals surface area contributed by atoms with Crippen molar-refractivity contribution in [1.82, 2.24) is 0 Å². The minimum Gasteiger partial charge on any atom is -0.481 e. The highest BCUT2D eigenvalue weighted by molar-refractivity contribution is 5.67. The van der Waals surface area contributed by atoms with E-state index in [9.17, 15) is 4.79 Å². The molecule has 1 aromatic heterocycles. The number of rotatable bonds is 5. The Morgan fingerprint density at radius 2 is 2.43 bits per heavy atom. The molecule has 0 aromatic carbocycles. The SMILES string of the molecule is CC(CN)(CC(=O)O)Cc1ccco1. The van der Waals surface area contributed by atoms with E-state index in [1.165, 1.54) is 0 Å². The summed E-state index contributed by atoms with van der Waals surface area (Å²) in [5.74, 6) is -0.0521. The summed E-state index contributed by atoms with van der Waals surface area (Å²) in [6.07, 6.45) is 2.19. The number of carboxylic acid groups (broad SMARTS) is 1. The molecule has 1 atom stereocenters. The van der Waals surface area contributed by atoms with E-state index in [2.05, 4.69) is 0 Å². The van der Waals surface area contributed by atoms with Gasteiger partial charge >= 0.3 is 5.97 Å². The van der Waals surface area contributed by atoms with Crippen LogP contribution in [0.25, 0.3) is 0 Å². The van der Waals surface area contributed by atoms with E-state index in [0.717, 1.165) is 5.76 Å².